The van der Waals surface area contributed by atoms with Gasteiger partial charge in [0.05, 0.1) is 5.69 Å². The molecule has 0 radical (unpaired) electrons. The van der Waals surface area contributed by atoms with Crippen molar-refractivity contribution in [3.8, 4) is 10.6 Å². The molecule has 0 fully saturated rings. The highest BCUT2D eigenvalue weighted by Crippen LogP contribution is 2.28. The van der Waals surface area contributed by atoms with Crippen LogP contribution in [-0.4, -0.2) is 21.2 Å². The molecule has 0 bridgehead atoms. The normalized spacial score (nSPS) is 10.6. The van der Waals surface area contributed by atoms with E-state index in [4.69, 9.17) is 9.15 Å². The molecule has 0 aliphatic carbocycles. The number of benzene rings is 1. The van der Waals surface area contributed by atoms with Crippen LogP contribution < -0.4 is 0 Å². The van der Waals surface area contributed by atoms with E-state index in [-0.39, 0.29) is 12.5 Å². The third-order valence-corrected chi connectivity index (χ3v) is 4.08. The van der Waals surface area contributed by atoms with Crippen molar-refractivity contribution in [2.24, 2.45) is 0 Å². The van der Waals surface area contributed by atoms with Gasteiger partial charge in [0, 0.05) is 12.5 Å². The first-order valence-electron chi connectivity index (χ1n) is 6.62. The molecule has 0 atom stereocenters. The van der Waals surface area contributed by atoms with E-state index in [1.165, 1.54) is 11.3 Å². The van der Waals surface area contributed by atoms with Gasteiger partial charge >= 0.3 is 5.97 Å². The topological polar surface area (TPSA) is 78.1 Å². The number of carbonyl (C=O) groups excluding carboxylic acids is 1. The van der Waals surface area contributed by atoms with Crippen molar-refractivity contribution < 1.29 is 13.9 Å². The maximum absolute atomic E-state index is 12.1. The molecule has 0 N–H and O–H groups in total. The number of thiazole rings is 1. The van der Waals surface area contributed by atoms with E-state index in [0.717, 1.165) is 10.6 Å². The van der Waals surface area contributed by atoms with Crippen LogP contribution in [0.1, 0.15) is 27.1 Å². The van der Waals surface area contributed by atoms with Crippen molar-refractivity contribution >= 4 is 17.3 Å². The number of carbonyl (C=O) groups is 1. The summed E-state index contributed by atoms with van der Waals surface area (Å²) in [5.74, 6) is 0.274. The zero-order chi connectivity index (χ0) is 15.5. The second-order valence-electron chi connectivity index (χ2n) is 4.59. The van der Waals surface area contributed by atoms with Crippen molar-refractivity contribution in [1.29, 1.82) is 0 Å². The fraction of sp³-hybridized carbons (Fsp3) is 0.200. The Hall–Kier alpha value is -2.54. The Morgan fingerprint density at radius 1 is 1.23 bits per heavy atom. The number of nitrogens with zero attached hydrogens (tertiary/aromatic N) is 3. The van der Waals surface area contributed by atoms with Crippen LogP contribution in [-0.2, 0) is 11.3 Å². The largest absolute Gasteiger partial charge is 0.451 e. The lowest BCUT2D eigenvalue weighted by Gasteiger charge is -1.99. The molecule has 0 aliphatic rings. The lowest BCUT2D eigenvalue weighted by atomic mass is 10.2. The summed E-state index contributed by atoms with van der Waals surface area (Å²) in [5, 5.41) is 8.25. The summed E-state index contributed by atoms with van der Waals surface area (Å²) in [5.41, 5.74) is 1.62. The molecular formula is C15H13N3O3S. The van der Waals surface area contributed by atoms with E-state index in [2.05, 4.69) is 15.2 Å². The predicted octanol–water partition coefficient (Wildman–Crippen LogP) is 3.17. The molecule has 6 nitrogen and oxygen atoms in total. The summed E-state index contributed by atoms with van der Waals surface area (Å²) in [6.07, 6.45) is 0. The van der Waals surface area contributed by atoms with Gasteiger partial charge in [-0.2, -0.15) is 0 Å². The van der Waals surface area contributed by atoms with Crippen molar-refractivity contribution in [2.45, 2.75) is 20.5 Å². The summed E-state index contributed by atoms with van der Waals surface area (Å²) in [6.45, 7) is 3.42. The van der Waals surface area contributed by atoms with Crippen LogP contribution in [0.25, 0.3) is 10.6 Å². The number of hydrogen-bond acceptors (Lipinski definition) is 7. The monoisotopic (exact) mass is 315 g/mol. The quantitative estimate of drug-likeness (QED) is 0.688. The lowest BCUT2D eigenvalue weighted by molar-refractivity contribution is 0.0441. The molecule has 2 aromatic heterocycles. The van der Waals surface area contributed by atoms with Gasteiger partial charge < -0.3 is 9.15 Å². The molecule has 0 amide bonds. The van der Waals surface area contributed by atoms with Crippen LogP contribution in [0, 0.1) is 13.8 Å². The maximum atomic E-state index is 12.1. The summed E-state index contributed by atoms with van der Waals surface area (Å²) < 4.78 is 10.4. The van der Waals surface area contributed by atoms with E-state index < -0.39 is 5.97 Å². The van der Waals surface area contributed by atoms with E-state index >= 15 is 0 Å². The van der Waals surface area contributed by atoms with Crippen molar-refractivity contribution in [2.75, 3.05) is 0 Å². The van der Waals surface area contributed by atoms with E-state index in [1.54, 1.807) is 13.8 Å². The first-order chi connectivity index (χ1) is 10.6. The number of aromatic nitrogens is 3. The molecule has 7 heteroatoms. The minimum Gasteiger partial charge on any atom is -0.451 e. The Morgan fingerprint density at radius 2 is 2.00 bits per heavy atom. The Balaban J connectivity index is 1.74. The highest BCUT2D eigenvalue weighted by molar-refractivity contribution is 7.17. The Kier molecular flexibility index (Phi) is 3.97. The zero-order valence-electron chi connectivity index (χ0n) is 12.1. The molecule has 22 heavy (non-hydrogen) atoms. The van der Waals surface area contributed by atoms with Gasteiger partial charge in [-0.3, -0.25) is 0 Å². The molecule has 0 spiro atoms. The predicted molar refractivity (Wildman–Crippen MR) is 80.4 cm³/mol. The molecule has 1 aromatic carbocycles. The van der Waals surface area contributed by atoms with Gasteiger partial charge in [-0.15, -0.1) is 21.5 Å². The van der Waals surface area contributed by atoms with Gasteiger partial charge in [-0.05, 0) is 6.92 Å². The van der Waals surface area contributed by atoms with Crippen LogP contribution in [0.3, 0.4) is 0 Å². The highest BCUT2D eigenvalue weighted by atomic mass is 32.1. The number of esters is 1. The van der Waals surface area contributed by atoms with Crippen molar-refractivity contribution in [3.63, 3.8) is 0 Å². The molecule has 3 rings (SSSR count). The minimum atomic E-state index is -0.437. The average Bonchev–Trinajstić information content (AvgIpc) is 3.12. The summed E-state index contributed by atoms with van der Waals surface area (Å²) in [6, 6.07) is 9.71. The summed E-state index contributed by atoms with van der Waals surface area (Å²) in [7, 11) is 0. The number of rotatable bonds is 4. The van der Waals surface area contributed by atoms with Crippen LogP contribution >= 0.6 is 11.3 Å². The highest BCUT2D eigenvalue weighted by Gasteiger charge is 2.18. The molecular weight excluding hydrogens is 302 g/mol. The molecule has 0 unspecified atom stereocenters. The summed E-state index contributed by atoms with van der Waals surface area (Å²) in [4.78, 5) is 17.1. The molecule has 3 aromatic rings. The first kappa shape index (κ1) is 14.4. The summed E-state index contributed by atoms with van der Waals surface area (Å²) >= 11 is 1.31. The van der Waals surface area contributed by atoms with E-state index in [9.17, 15) is 4.79 Å². The second kappa shape index (κ2) is 6.07. The van der Waals surface area contributed by atoms with Crippen molar-refractivity contribution in [1.82, 2.24) is 15.2 Å². The SMILES string of the molecule is Cc1nnc(COC(=O)c2sc(-c3ccccc3)nc2C)o1. The number of hydrogen-bond donors (Lipinski definition) is 0. The van der Waals surface area contributed by atoms with Gasteiger partial charge in [0.2, 0.25) is 5.89 Å². The zero-order valence-corrected chi connectivity index (χ0v) is 12.9. The molecule has 112 valence electrons. The van der Waals surface area contributed by atoms with E-state index in [1.807, 2.05) is 30.3 Å². The van der Waals surface area contributed by atoms with Crippen LogP contribution in [0.2, 0.25) is 0 Å². The Bertz CT molecular complexity index is 795. The molecule has 0 saturated carbocycles. The second-order valence-corrected chi connectivity index (χ2v) is 5.59. The minimum absolute atomic E-state index is 0.0440. The fourth-order valence-corrected chi connectivity index (χ4v) is 2.84. The van der Waals surface area contributed by atoms with Crippen LogP contribution in [0.15, 0.2) is 34.7 Å². The molecule has 0 saturated heterocycles. The van der Waals surface area contributed by atoms with Crippen LogP contribution in [0.5, 0.6) is 0 Å². The maximum Gasteiger partial charge on any atom is 0.350 e. The van der Waals surface area contributed by atoms with Crippen LogP contribution in [0.4, 0.5) is 0 Å². The first-order valence-corrected chi connectivity index (χ1v) is 7.44. The Morgan fingerprint density at radius 3 is 2.68 bits per heavy atom. The van der Waals surface area contributed by atoms with Gasteiger partial charge in [-0.1, -0.05) is 30.3 Å². The number of aryl methyl sites for hydroxylation is 2. The average molecular weight is 315 g/mol. The van der Waals surface area contributed by atoms with Gasteiger partial charge in [0.15, 0.2) is 6.61 Å². The standard InChI is InChI=1S/C15H13N3O3S/c1-9-13(15(19)20-8-12-18-17-10(2)21-12)22-14(16-9)11-6-4-3-5-7-11/h3-7H,8H2,1-2H3. The van der Waals surface area contributed by atoms with Gasteiger partial charge in [-0.25, -0.2) is 9.78 Å². The van der Waals surface area contributed by atoms with Gasteiger partial charge in [0.25, 0.3) is 5.89 Å². The molecule has 2 heterocycles. The third-order valence-electron chi connectivity index (χ3n) is 2.90. The smallest absolute Gasteiger partial charge is 0.350 e. The fourth-order valence-electron chi connectivity index (χ4n) is 1.88. The lowest BCUT2D eigenvalue weighted by Crippen LogP contribution is -2.05. The van der Waals surface area contributed by atoms with Crippen molar-refractivity contribution in [3.05, 3.63) is 52.7 Å². The van der Waals surface area contributed by atoms with Gasteiger partial charge in [0.1, 0.15) is 9.88 Å². The third kappa shape index (κ3) is 3.04. The Labute approximate surface area is 130 Å². The van der Waals surface area contributed by atoms with E-state index in [0.29, 0.717) is 16.5 Å². The number of ether oxygens (including phenoxy) is 1. The molecule has 0 aliphatic heterocycles.